The first-order chi connectivity index (χ1) is 9.45. The molecule has 0 saturated heterocycles. The number of nitrogens with zero attached hydrogens (tertiary/aromatic N) is 2. The van der Waals surface area contributed by atoms with Gasteiger partial charge in [-0.05, 0) is 16.8 Å². The van der Waals surface area contributed by atoms with Crippen LogP contribution in [0.3, 0.4) is 0 Å². The van der Waals surface area contributed by atoms with Crippen molar-refractivity contribution in [1.29, 1.82) is 0 Å². The molecule has 1 aromatic carbocycles. The van der Waals surface area contributed by atoms with E-state index in [0.717, 1.165) is 17.1 Å². The number of rotatable bonds is 1. The molecule has 0 spiro atoms. The molecule has 2 heterocycles. The summed E-state index contributed by atoms with van der Waals surface area (Å²) in [6.45, 7) is 6.28. The SMILES string of the molecule is CC(C)(C)c1nc(N)cc(-c2cccc3ccsc23)n1. The molecule has 0 radical (unpaired) electrons. The molecule has 20 heavy (non-hydrogen) atoms. The first-order valence-electron chi connectivity index (χ1n) is 6.57. The predicted octanol–water partition coefficient (Wildman–Crippen LogP) is 4.24. The lowest BCUT2D eigenvalue weighted by Crippen LogP contribution is -2.17. The fourth-order valence-corrected chi connectivity index (χ4v) is 3.06. The number of aromatic nitrogens is 2. The van der Waals surface area contributed by atoms with E-state index in [4.69, 9.17) is 10.7 Å². The molecule has 0 aliphatic heterocycles. The van der Waals surface area contributed by atoms with Crippen molar-refractivity contribution in [2.75, 3.05) is 5.73 Å². The van der Waals surface area contributed by atoms with Gasteiger partial charge in [-0.2, -0.15) is 0 Å². The molecule has 0 saturated carbocycles. The average Bonchev–Trinajstić information content (AvgIpc) is 2.84. The van der Waals surface area contributed by atoms with Crippen LogP contribution in [0.25, 0.3) is 21.3 Å². The quantitative estimate of drug-likeness (QED) is 0.726. The van der Waals surface area contributed by atoms with Gasteiger partial charge in [0.05, 0.1) is 5.69 Å². The third kappa shape index (κ3) is 2.27. The van der Waals surface area contributed by atoms with E-state index in [1.54, 1.807) is 11.3 Å². The minimum absolute atomic E-state index is 0.118. The van der Waals surface area contributed by atoms with Gasteiger partial charge in [0.1, 0.15) is 11.6 Å². The smallest absolute Gasteiger partial charge is 0.136 e. The lowest BCUT2D eigenvalue weighted by atomic mass is 9.95. The molecule has 4 heteroatoms. The largest absolute Gasteiger partial charge is 0.384 e. The van der Waals surface area contributed by atoms with E-state index in [1.165, 1.54) is 10.1 Å². The maximum atomic E-state index is 5.97. The van der Waals surface area contributed by atoms with Gasteiger partial charge < -0.3 is 5.73 Å². The fraction of sp³-hybridized carbons (Fsp3) is 0.250. The van der Waals surface area contributed by atoms with Gasteiger partial charge >= 0.3 is 0 Å². The zero-order valence-electron chi connectivity index (χ0n) is 11.8. The van der Waals surface area contributed by atoms with Crippen molar-refractivity contribution in [1.82, 2.24) is 9.97 Å². The topological polar surface area (TPSA) is 51.8 Å². The van der Waals surface area contributed by atoms with Crippen LogP contribution in [-0.4, -0.2) is 9.97 Å². The van der Waals surface area contributed by atoms with Crippen LogP contribution in [0, 0.1) is 0 Å². The zero-order chi connectivity index (χ0) is 14.3. The number of hydrogen-bond acceptors (Lipinski definition) is 4. The molecular weight excluding hydrogens is 266 g/mol. The van der Waals surface area contributed by atoms with Gasteiger partial charge in [0.15, 0.2) is 0 Å². The molecule has 102 valence electrons. The van der Waals surface area contributed by atoms with E-state index >= 15 is 0 Å². The molecule has 0 aliphatic rings. The summed E-state index contributed by atoms with van der Waals surface area (Å²) in [6.07, 6.45) is 0. The molecule has 0 fully saturated rings. The maximum absolute atomic E-state index is 5.97. The predicted molar refractivity (Wildman–Crippen MR) is 86.0 cm³/mol. The van der Waals surface area contributed by atoms with E-state index in [2.05, 4.69) is 55.4 Å². The van der Waals surface area contributed by atoms with Crippen molar-refractivity contribution in [3.8, 4) is 11.3 Å². The van der Waals surface area contributed by atoms with Crippen LogP contribution in [-0.2, 0) is 5.41 Å². The van der Waals surface area contributed by atoms with Crippen LogP contribution in [0.2, 0.25) is 0 Å². The molecule has 3 nitrogen and oxygen atoms in total. The number of hydrogen-bond donors (Lipinski definition) is 1. The fourth-order valence-electron chi connectivity index (χ4n) is 2.13. The number of anilines is 1. The van der Waals surface area contributed by atoms with Crippen molar-refractivity contribution in [2.45, 2.75) is 26.2 Å². The Morgan fingerprint density at radius 3 is 2.65 bits per heavy atom. The van der Waals surface area contributed by atoms with Crippen LogP contribution in [0.1, 0.15) is 26.6 Å². The molecule has 2 N–H and O–H groups in total. The highest BCUT2D eigenvalue weighted by Crippen LogP contribution is 2.33. The lowest BCUT2D eigenvalue weighted by Gasteiger charge is -2.18. The number of fused-ring (bicyclic) bond motifs is 1. The Labute approximate surface area is 122 Å². The summed E-state index contributed by atoms with van der Waals surface area (Å²) in [6, 6.07) is 10.2. The van der Waals surface area contributed by atoms with Gasteiger partial charge in [0, 0.05) is 21.7 Å². The Morgan fingerprint density at radius 1 is 1.10 bits per heavy atom. The lowest BCUT2D eigenvalue weighted by molar-refractivity contribution is 0.547. The minimum Gasteiger partial charge on any atom is -0.384 e. The number of nitrogens with two attached hydrogens (primary N) is 1. The van der Waals surface area contributed by atoms with Crippen molar-refractivity contribution >= 4 is 27.2 Å². The number of nitrogen functional groups attached to an aromatic ring is 1. The van der Waals surface area contributed by atoms with E-state index in [-0.39, 0.29) is 5.41 Å². The third-order valence-corrected chi connectivity index (χ3v) is 4.14. The normalized spacial score (nSPS) is 11.9. The van der Waals surface area contributed by atoms with Crippen molar-refractivity contribution in [2.24, 2.45) is 0 Å². The van der Waals surface area contributed by atoms with Crippen LogP contribution in [0.4, 0.5) is 5.82 Å². The van der Waals surface area contributed by atoms with E-state index < -0.39 is 0 Å². The Balaban J connectivity index is 2.24. The summed E-state index contributed by atoms with van der Waals surface area (Å²) in [4.78, 5) is 9.09. The Bertz CT molecular complexity index is 769. The molecule has 0 aliphatic carbocycles. The van der Waals surface area contributed by atoms with Gasteiger partial charge in [-0.15, -0.1) is 11.3 Å². The molecular formula is C16H17N3S. The molecule has 3 rings (SSSR count). The summed E-state index contributed by atoms with van der Waals surface area (Å²) in [5.41, 5.74) is 7.87. The molecule has 0 bridgehead atoms. The summed E-state index contributed by atoms with van der Waals surface area (Å²) in [5.74, 6) is 1.30. The van der Waals surface area contributed by atoms with Crippen LogP contribution in [0.5, 0.6) is 0 Å². The minimum atomic E-state index is -0.118. The number of thiophene rings is 1. The van der Waals surface area contributed by atoms with Gasteiger partial charge in [0.25, 0.3) is 0 Å². The van der Waals surface area contributed by atoms with Crippen LogP contribution >= 0.6 is 11.3 Å². The average molecular weight is 283 g/mol. The summed E-state index contributed by atoms with van der Waals surface area (Å²) < 4.78 is 1.24. The molecule has 0 amide bonds. The third-order valence-electron chi connectivity index (χ3n) is 3.17. The second kappa shape index (κ2) is 4.56. The summed E-state index contributed by atoms with van der Waals surface area (Å²) >= 11 is 1.73. The summed E-state index contributed by atoms with van der Waals surface area (Å²) in [7, 11) is 0. The number of benzene rings is 1. The zero-order valence-corrected chi connectivity index (χ0v) is 12.7. The van der Waals surface area contributed by atoms with E-state index in [0.29, 0.717) is 5.82 Å². The molecule has 0 atom stereocenters. The van der Waals surface area contributed by atoms with Gasteiger partial charge in [-0.1, -0.05) is 39.0 Å². The Kier molecular flexibility index (Phi) is 2.98. The van der Waals surface area contributed by atoms with E-state index in [1.807, 2.05) is 6.07 Å². The van der Waals surface area contributed by atoms with Gasteiger partial charge in [0.2, 0.25) is 0 Å². The second-order valence-electron chi connectivity index (χ2n) is 5.90. The Hall–Kier alpha value is -1.94. The van der Waals surface area contributed by atoms with E-state index in [9.17, 15) is 0 Å². The Morgan fingerprint density at radius 2 is 1.90 bits per heavy atom. The van der Waals surface area contributed by atoms with Crippen molar-refractivity contribution in [3.63, 3.8) is 0 Å². The highest BCUT2D eigenvalue weighted by molar-refractivity contribution is 7.17. The van der Waals surface area contributed by atoms with Gasteiger partial charge in [-0.25, -0.2) is 9.97 Å². The van der Waals surface area contributed by atoms with Crippen molar-refractivity contribution in [3.05, 3.63) is 41.5 Å². The maximum Gasteiger partial charge on any atom is 0.136 e. The highest BCUT2D eigenvalue weighted by atomic mass is 32.1. The second-order valence-corrected chi connectivity index (χ2v) is 6.81. The molecule has 2 aromatic heterocycles. The first-order valence-corrected chi connectivity index (χ1v) is 7.45. The summed E-state index contributed by atoms with van der Waals surface area (Å²) in [5, 5.41) is 3.34. The molecule has 0 unspecified atom stereocenters. The van der Waals surface area contributed by atoms with Crippen LogP contribution < -0.4 is 5.73 Å². The standard InChI is InChI=1S/C16H17N3S/c1-16(2,3)15-18-12(9-13(17)19-15)11-6-4-5-10-7-8-20-14(10)11/h4-9H,1-3H3,(H2,17,18,19). The monoisotopic (exact) mass is 283 g/mol. The highest BCUT2D eigenvalue weighted by Gasteiger charge is 2.19. The van der Waals surface area contributed by atoms with Gasteiger partial charge in [-0.3, -0.25) is 0 Å². The molecule has 3 aromatic rings. The first kappa shape index (κ1) is 13.1. The van der Waals surface area contributed by atoms with Crippen molar-refractivity contribution < 1.29 is 0 Å². The van der Waals surface area contributed by atoms with Crippen LogP contribution in [0.15, 0.2) is 35.7 Å².